The van der Waals surface area contributed by atoms with Crippen molar-refractivity contribution in [1.82, 2.24) is 0 Å². The number of furan rings is 1. The number of rotatable bonds is 2. The first-order chi connectivity index (χ1) is 10.3. The van der Waals surface area contributed by atoms with E-state index in [0.29, 0.717) is 0 Å². The Morgan fingerprint density at radius 2 is 1.62 bits per heavy atom. The Hall–Kier alpha value is -2.22. The second kappa shape index (κ2) is 4.96. The van der Waals surface area contributed by atoms with Crippen LogP contribution in [-0.2, 0) is 12.8 Å². The van der Waals surface area contributed by atoms with Gasteiger partial charge in [-0.3, -0.25) is 0 Å². The zero-order chi connectivity index (χ0) is 14.2. The Morgan fingerprint density at radius 1 is 0.857 bits per heavy atom. The van der Waals surface area contributed by atoms with Crippen LogP contribution in [0.1, 0.15) is 24.0 Å². The zero-order valence-corrected chi connectivity index (χ0v) is 12.3. The van der Waals surface area contributed by atoms with Gasteiger partial charge in [-0.2, -0.15) is 0 Å². The lowest BCUT2D eigenvalue weighted by atomic mass is 9.91. The van der Waals surface area contributed by atoms with E-state index in [1.54, 1.807) is 6.26 Å². The average molecular weight is 277 g/mol. The minimum atomic E-state index is 0.942. The maximum absolute atomic E-state index is 5.41. The molecule has 3 aromatic rings. The summed E-state index contributed by atoms with van der Waals surface area (Å²) in [6, 6.07) is 15.2. The Balaban J connectivity index is 1.71. The molecule has 0 saturated carbocycles. The minimum Gasteiger partial charge on any atom is -0.464 e. The van der Waals surface area contributed by atoms with Gasteiger partial charge in [0.15, 0.2) is 0 Å². The number of nitrogens with zero attached hydrogens (tertiary/aromatic N) is 1. The number of benzene rings is 2. The van der Waals surface area contributed by atoms with Crippen LogP contribution in [0.3, 0.4) is 0 Å². The Kier molecular flexibility index (Phi) is 2.95. The summed E-state index contributed by atoms with van der Waals surface area (Å²) in [7, 11) is 2.13. The van der Waals surface area contributed by atoms with Gasteiger partial charge in [0.1, 0.15) is 5.58 Å². The monoisotopic (exact) mass is 277 g/mol. The largest absolute Gasteiger partial charge is 0.464 e. The smallest absolute Gasteiger partial charge is 0.133 e. The van der Waals surface area contributed by atoms with Gasteiger partial charge < -0.3 is 9.32 Å². The van der Waals surface area contributed by atoms with Crippen LogP contribution in [0.5, 0.6) is 0 Å². The number of aryl methyl sites for hydroxylation is 2. The van der Waals surface area contributed by atoms with E-state index in [9.17, 15) is 0 Å². The van der Waals surface area contributed by atoms with Crippen molar-refractivity contribution in [3.05, 3.63) is 59.9 Å². The molecule has 0 aliphatic heterocycles. The second-order valence-electron chi connectivity index (χ2n) is 5.86. The van der Waals surface area contributed by atoms with Gasteiger partial charge in [-0.25, -0.2) is 0 Å². The lowest BCUT2D eigenvalue weighted by Crippen LogP contribution is -2.11. The molecule has 21 heavy (non-hydrogen) atoms. The third-order valence-electron chi connectivity index (χ3n) is 4.54. The summed E-state index contributed by atoms with van der Waals surface area (Å²) in [5.74, 6) is 0. The molecule has 1 aliphatic carbocycles. The minimum absolute atomic E-state index is 0.942. The molecule has 2 aromatic carbocycles. The molecule has 0 bridgehead atoms. The molecule has 0 atom stereocenters. The van der Waals surface area contributed by atoms with Crippen molar-refractivity contribution >= 4 is 22.3 Å². The van der Waals surface area contributed by atoms with E-state index in [4.69, 9.17) is 4.42 Å². The Labute approximate surface area is 125 Å². The Morgan fingerprint density at radius 3 is 2.52 bits per heavy atom. The van der Waals surface area contributed by atoms with E-state index in [1.807, 2.05) is 12.1 Å². The van der Waals surface area contributed by atoms with E-state index in [1.165, 1.54) is 48.2 Å². The van der Waals surface area contributed by atoms with Crippen LogP contribution < -0.4 is 4.90 Å². The van der Waals surface area contributed by atoms with Crippen LogP contribution in [0.15, 0.2) is 53.1 Å². The van der Waals surface area contributed by atoms with Gasteiger partial charge in [-0.1, -0.05) is 6.07 Å². The third kappa shape index (κ3) is 2.21. The molecule has 0 amide bonds. The van der Waals surface area contributed by atoms with Crippen LogP contribution >= 0.6 is 0 Å². The molecule has 0 N–H and O–H groups in total. The van der Waals surface area contributed by atoms with Crippen LogP contribution in [0.2, 0.25) is 0 Å². The third-order valence-corrected chi connectivity index (χ3v) is 4.54. The van der Waals surface area contributed by atoms with Gasteiger partial charge >= 0.3 is 0 Å². The molecule has 0 unspecified atom stereocenters. The lowest BCUT2D eigenvalue weighted by molar-refractivity contribution is 0.616. The predicted molar refractivity (Wildman–Crippen MR) is 87.4 cm³/mol. The summed E-state index contributed by atoms with van der Waals surface area (Å²) in [5, 5.41) is 1.15. The summed E-state index contributed by atoms with van der Waals surface area (Å²) in [6.45, 7) is 0. The highest BCUT2D eigenvalue weighted by atomic mass is 16.3. The van der Waals surface area contributed by atoms with Crippen LogP contribution in [0, 0.1) is 0 Å². The summed E-state index contributed by atoms with van der Waals surface area (Å²) < 4.78 is 5.41. The van der Waals surface area contributed by atoms with E-state index < -0.39 is 0 Å². The van der Waals surface area contributed by atoms with Gasteiger partial charge in [0, 0.05) is 23.8 Å². The number of hydrogen-bond donors (Lipinski definition) is 0. The first-order valence-corrected chi connectivity index (χ1v) is 7.64. The van der Waals surface area contributed by atoms with Gasteiger partial charge in [-0.05, 0) is 73.2 Å². The highest BCUT2D eigenvalue weighted by Gasteiger charge is 2.12. The fourth-order valence-electron chi connectivity index (χ4n) is 3.24. The van der Waals surface area contributed by atoms with Gasteiger partial charge in [0.05, 0.1) is 6.26 Å². The number of anilines is 2. The summed E-state index contributed by atoms with van der Waals surface area (Å²) in [5.41, 5.74) is 6.45. The van der Waals surface area contributed by atoms with E-state index in [-0.39, 0.29) is 0 Å². The van der Waals surface area contributed by atoms with Crippen molar-refractivity contribution in [1.29, 1.82) is 0 Å². The predicted octanol–water partition coefficient (Wildman–Crippen LogP) is 5.08. The standard InChI is InChI=1S/C19H19NO/c1-20(18-8-9-19-16(13-18)10-11-21-19)17-7-6-14-4-2-3-5-15(14)12-17/h6-13H,2-5H2,1H3. The molecule has 2 nitrogen and oxygen atoms in total. The quantitative estimate of drug-likeness (QED) is 0.649. The van der Waals surface area contributed by atoms with Crippen molar-refractivity contribution in [2.24, 2.45) is 0 Å². The summed E-state index contributed by atoms with van der Waals surface area (Å²) >= 11 is 0. The molecule has 1 heterocycles. The highest BCUT2D eigenvalue weighted by molar-refractivity contribution is 5.82. The molecular weight excluding hydrogens is 258 g/mol. The first kappa shape index (κ1) is 12.5. The van der Waals surface area contributed by atoms with Gasteiger partial charge in [0.25, 0.3) is 0 Å². The fraction of sp³-hybridized carbons (Fsp3) is 0.263. The topological polar surface area (TPSA) is 16.4 Å². The molecule has 0 spiro atoms. The molecule has 0 radical (unpaired) electrons. The second-order valence-corrected chi connectivity index (χ2v) is 5.86. The first-order valence-electron chi connectivity index (χ1n) is 7.64. The van der Waals surface area contributed by atoms with Crippen molar-refractivity contribution in [3.8, 4) is 0 Å². The molecule has 0 fully saturated rings. The fourth-order valence-corrected chi connectivity index (χ4v) is 3.24. The molecule has 0 saturated heterocycles. The maximum Gasteiger partial charge on any atom is 0.133 e. The molecule has 4 rings (SSSR count). The lowest BCUT2D eigenvalue weighted by Gasteiger charge is -2.23. The normalized spacial score (nSPS) is 14.1. The summed E-state index contributed by atoms with van der Waals surface area (Å²) in [4.78, 5) is 2.25. The molecule has 1 aliphatic rings. The molecular formula is C19H19NO. The van der Waals surface area contributed by atoms with Crippen LogP contribution in [0.25, 0.3) is 11.0 Å². The Bertz CT molecular complexity index is 787. The number of fused-ring (bicyclic) bond motifs is 2. The zero-order valence-electron chi connectivity index (χ0n) is 12.3. The molecule has 1 aromatic heterocycles. The average Bonchev–Trinajstić information content (AvgIpc) is 3.01. The molecule has 106 valence electrons. The summed E-state index contributed by atoms with van der Waals surface area (Å²) in [6.07, 6.45) is 6.85. The SMILES string of the molecule is CN(c1ccc2c(c1)CCCC2)c1ccc2occc2c1. The highest BCUT2D eigenvalue weighted by Crippen LogP contribution is 2.31. The van der Waals surface area contributed by atoms with E-state index in [0.717, 1.165) is 11.0 Å². The van der Waals surface area contributed by atoms with Gasteiger partial charge in [0.2, 0.25) is 0 Å². The van der Waals surface area contributed by atoms with Crippen molar-refractivity contribution in [3.63, 3.8) is 0 Å². The van der Waals surface area contributed by atoms with E-state index in [2.05, 4.69) is 42.3 Å². The number of hydrogen-bond acceptors (Lipinski definition) is 2. The van der Waals surface area contributed by atoms with Crippen molar-refractivity contribution in [2.45, 2.75) is 25.7 Å². The maximum atomic E-state index is 5.41. The van der Waals surface area contributed by atoms with Crippen LogP contribution in [0.4, 0.5) is 11.4 Å². The van der Waals surface area contributed by atoms with Crippen LogP contribution in [-0.4, -0.2) is 7.05 Å². The molecule has 2 heteroatoms. The van der Waals surface area contributed by atoms with Crippen molar-refractivity contribution < 1.29 is 4.42 Å². The van der Waals surface area contributed by atoms with Gasteiger partial charge in [-0.15, -0.1) is 0 Å². The van der Waals surface area contributed by atoms with Crippen molar-refractivity contribution in [2.75, 3.05) is 11.9 Å². The van der Waals surface area contributed by atoms with E-state index >= 15 is 0 Å².